The van der Waals surface area contributed by atoms with Crippen LogP contribution in [-0.2, 0) is 0 Å². The van der Waals surface area contributed by atoms with Crippen molar-refractivity contribution >= 4 is 39.1 Å². The van der Waals surface area contributed by atoms with E-state index in [4.69, 9.17) is 28.3 Å². The Hall–Kier alpha value is -2.07. The molecule has 0 aliphatic heterocycles. The number of aromatic nitrogens is 2. The molecule has 3 aromatic carbocycles. The van der Waals surface area contributed by atoms with E-state index in [2.05, 4.69) is 78.3 Å². The molecule has 1 heterocycles. The normalized spacial score (nSPS) is 11.0. The number of rotatable bonds is 3. The fourth-order valence-electron chi connectivity index (χ4n) is 3.08. The lowest BCUT2D eigenvalue weighted by Gasteiger charge is -2.10. The van der Waals surface area contributed by atoms with Gasteiger partial charge < -0.3 is 0 Å². The molecule has 2 nitrogen and oxygen atoms in total. The summed E-state index contributed by atoms with van der Waals surface area (Å²) in [4.78, 5) is 0. The van der Waals surface area contributed by atoms with Crippen molar-refractivity contribution in [3.63, 3.8) is 0 Å². The van der Waals surface area contributed by atoms with Crippen LogP contribution < -0.4 is 0 Å². The first-order valence-corrected chi connectivity index (χ1v) is 10.4. The molecule has 1 aromatic heterocycles. The molecule has 4 aromatic rings. The van der Waals surface area contributed by atoms with Crippen molar-refractivity contribution in [2.45, 2.75) is 13.8 Å². The predicted molar refractivity (Wildman–Crippen MR) is 122 cm³/mol. The van der Waals surface area contributed by atoms with Crippen LogP contribution in [0.1, 0.15) is 11.1 Å². The van der Waals surface area contributed by atoms with E-state index in [1.807, 2.05) is 16.8 Å². The fourth-order valence-corrected chi connectivity index (χ4v) is 4.28. The van der Waals surface area contributed by atoms with Crippen LogP contribution in [0.2, 0.25) is 10.0 Å². The summed E-state index contributed by atoms with van der Waals surface area (Å²) in [5.74, 6) is 0. The number of hydrogen-bond donors (Lipinski definition) is 0. The Morgan fingerprint density at radius 3 is 1.93 bits per heavy atom. The molecule has 0 saturated heterocycles. The van der Waals surface area contributed by atoms with Crippen LogP contribution in [-0.4, -0.2) is 9.78 Å². The molecule has 140 valence electrons. The molecule has 0 saturated carbocycles. The predicted octanol–water partition coefficient (Wildman–Crippen LogP) is 7.89. The minimum atomic E-state index is 0.548. The third-order valence-corrected chi connectivity index (χ3v) is 5.90. The standard InChI is InChI=1S/C23H17BrCl2N2/c1-14-3-7-16(8-4-14)22-21(24)23(17-9-5-15(2)6-10-17)28(27-22)20-12-11-18(25)13-19(20)26/h3-13H,1-2H3. The Kier molecular flexibility index (Phi) is 5.33. The molecule has 0 aliphatic carbocycles. The van der Waals surface area contributed by atoms with Crippen molar-refractivity contribution in [3.8, 4) is 28.2 Å². The molecule has 0 N–H and O–H groups in total. The second-order valence-corrected chi connectivity index (χ2v) is 8.39. The summed E-state index contributed by atoms with van der Waals surface area (Å²) in [6, 6.07) is 22.1. The summed E-state index contributed by atoms with van der Waals surface area (Å²) in [5.41, 5.74) is 7.08. The zero-order valence-electron chi connectivity index (χ0n) is 15.4. The van der Waals surface area contributed by atoms with E-state index >= 15 is 0 Å². The van der Waals surface area contributed by atoms with Gasteiger partial charge in [0, 0.05) is 16.1 Å². The molecule has 28 heavy (non-hydrogen) atoms. The first-order chi connectivity index (χ1) is 13.4. The molecular weight excluding hydrogens is 455 g/mol. The zero-order chi connectivity index (χ0) is 19.8. The third-order valence-electron chi connectivity index (χ3n) is 4.62. The van der Waals surface area contributed by atoms with Crippen molar-refractivity contribution in [3.05, 3.63) is 92.4 Å². The van der Waals surface area contributed by atoms with Gasteiger partial charge in [-0.15, -0.1) is 0 Å². The van der Waals surface area contributed by atoms with Crippen LogP contribution in [0.15, 0.2) is 71.2 Å². The first kappa shape index (κ1) is 19.3. The molecule has 0 atom stereocenters. The average molecular weight is 472 g/mol. The van der Waals surface area contributed by atoms with E-state index in [9.17, 15) is 0 Å². The van der Waals surface area contributed by atoms with Gasteiger partial charge in [-0.25, -0.2) is 4.68 Å². The Balaban J connectivity index is 1.99. The highest BCUT2D eigenvalue weighted by Crippen LogP contribution is 2.39. The summed E-state index contributed by atoms with van der Waals surface area (Å²) in [5, 5.41) is 6.05. The zero-order valence-corrected chi connectivity index (χ0v) is 18.5. The van der Waals surface area contributed by atoms with Crippen molar-refractivity contribution in [1.29, 1.82) is 0 Å². The lowest BCUT2D eigenvalue weighted by Crippen LogP contribution is -2.00. The number of nitrogens with zero attached hydrogens (tertiary/aromatic N) is 2. The van der Waals surface area contributed by atoms with Crippen molar-refractivity contribution < 1.29 is 0 Å². The van der Waals surface area contributed by atoms with Crippen LogP contribution in [0, 0.1) is 13.8 Å². The highest BCUT2D eigenvalue weighted by atomic mass is 79.9. The molecule has 0 fully saturated rings. The molecule has 5 heteroatoms. The summed E-state index contributed by atoms with van der Waals surface area (Å²) in [6.45, 7) is 4.15. The Morgan fingerprint density at radius 1 is 0.786 bits per heavy atom. The van der Waals surface area contributed by atoms with Crippen molar-refractivity contribution in [1.82, 2.24) is 9.78 Å². The van der Waals surface area contributed by atoms with Gasteiger partial charge in [0.25, 0.3) is 0 Å². The van der Waals surface area contributed by atoms with E-state index in [0.29, 0.717) is 10.0 Å². The summed E-state index contributed by atoms with van der Waals surface area (Å²) < 4.78 is 2.80. The quantitative estimate of drug-likeness (QED) is 0.297. The highest BCUT2D eigenvalue weighted by Gasteiger charge is 2.21. The molecule has 0 amide bonds. The van der Waals surface area contributed by atoms with Crippen LogP contribution in [0.3, 0.4) is 0 Å². The summed E-state index contributed by atoms with van der Waals surface area (Å²) >= 11 is 16.4. The smallest absolute Gasteiger partial charge is 0.108 e. The highest BCUT2D eigenvalue weighted by molar-refractivity contribution is 9.10. The van der Waals surface area contributed by atoms with Gasteiger partial charge in [0.15, 0.2) is 0 Å². The number of benzene rings is 3. The number of halogens is 3. The first-order valence-electron chi connectivity index (χ1n) is 8.82. The Labute approximate surface area is 182 Å². The number of aryl methyl sites for hydroxylation is 2. The van der Waals surface area contributed by atoms with Crippen LogP contribution in [0.5, 0.6) is 0 Å². The molecule has 0 radical (unpaired) electrons. The van der Waals surface area contributed by atoms with E-state index in [0.717, 1.165) is 32.7 Å². The van der Waals surface area contributed by atoms with Gasteiger partial charge >= 0.3 is 0 Å². The van der Waals surface area contributed by atoms with Crippen LogP contribution >= 0.6 is 39.1 Å². The Bertz CT molecular complexity index is 1150. The maximum atomic E-state index is 6.52. The van der Waals surface area contributed by atoms with Gasteiger partial charge in [0.2, 0.25) is 0 Å². The average Bonchev–Trinajstić information content (AvgIpc) is 3.00. The molecule has 0 spiro atoms. The topological polar surface area (TPSA) is 17.8 Å². The van der Waals surface area contributed by atoms with Crippen molar-refractivity contribution in [2.24, 2.45) is 0 Å². The summed E-state index contributed by atoms with van der Waals surface area (Å²) in [7, 11) is 0. The van der Waals surface area contributed by atoms with Crippen LogP contribution in [0.25, 0.3) is 28.2 Å². The van der Waals surface area contributed by atoms with Crippen LogP contribution in [0.4, 0.5) is 0 Å². The minimum absolute atomic E-state index is 0.548. The van der Waals surface area contributed by atoms with E-state index in [-0.39, 0.29) is 0 Å². The second kappa shape index (κ2) is 7.75. The second-order valence-electron chi connectivity index (χ2n) is 6.75. The fraction of sp³-hybridized carbons (Fsp3) is 0.0870. The van der Waals surface area contributed by atoms with Crippen molar-refractivity contribution in [2.75, 3.05) is 0 Å². The van der Waals surface area contributed by atoms with E-state index in [1.165, 1.54) is 11.1 Å². The molecule has 0 bridgehead atoms. The van der Waals surface area contributed by atoms with Gasteiger partial charge in [-0.2, -0.15) is 5.10 Å². The summed E-state index contributed by atoms with van der Waals surface area (Å²) in [6.07, 6.45) is 0. The number of hydrogen-bond acceptors (Lipinski definition) is 1. The minimum Gasteiger partial charge on any atom is -0.230 e. The van der Waals surface area contributed by atoms with E-state index in [1.54, 1.807) is 6.07 Å². The van der Waals surface area contributed by atoms with Gasteiger partial charge in [0.05, 0.1) is 20.9 Å². The van der Waals surface area contributed by atoms with Gasteiger partial charge in [-0.1, -0.05) is 82.9 Å². The molecular formula is C23H17BrCl2N2. The molecule has 4 rings (SSSR count). The van der Waals surface area contributed by atoms with E-state index < -0.39 is 0 Å². The largest absolute Gasteiger partial charge is 0.230 e. The molecule has 0 aliphatic rings. The molecule has 0 unspecified atom stereocenters. The Morgan fingerprint density at radius 2 is 1.36 bits per heavy atom. The maximum absolute atomic E-state index is 6.52. The van der Waals surface area contributed by atoms with Gasteiger partial charge in [-0.3, -0.25) is 0 Å². The lowest BCUT2D eigenvalue weighted by molar-refractivity contribution is 0.892. The van der Waals surface area contributed by atoms with Gasteiger partial charge in [0.1, 0.15) is 5.69 Å². The lowest BCUT2D eigenvalue weighted by atomic mass is 10.1. The SMILES string of the molecule is Cc1ccc(-c2nn(-c3ccc(Cl)cc3Cl)c(-c3ccc(C)cc3)c2Br)cc1. The van der Waals surface area contributed by atoms with Gasteiger partial charge in [-0.05, 0) is 48.0 Å². The maximum Gasteiger partial charge on any atom is 0.108 e. The third kappa shape index (κ3) is 3.62. The monoisotopic (exact) mass is 470 g/mol.